The Bertz CT molecular complexity index is 382. The summed E-state index contributed by atoms with van der Waals surface area (Å²) in [6, 6.07) is 5.69. The highest BCUT2D eigenvalue weighted by molar-refractivity contribution is 6.42. The van der Waals surface area contributed by atoms with Crippen LogP contribution in [-0.4, -0.2) is 19.2 Å². The minimum Gasteiger partial charge on any atom is -0.368 e. The molecule has 94 valence electrons. The first-order valence-electron chi connectivity index (χ1n) is 6.02. The van der Waals surface area contributed by atoms with E-state index in [9.17, 15) is 0 Å². The molecule has 2 unspecified atom stereocenters. The molecule has 2 atom stereocenters. The highest BCUT2D eigenvalue weighted by atomic mass is 35.5. The third-order valence-corrected chi connectivity index (χ3v) is 3.83. The second-order valence-electron chi connectivity index (χ2n) is 4.34. The first kappa shape index (κ1) is 13.2. The highest BCUT2D eigenvalue weighted by Gasteiger charge is 2.24. The third kappa shape index (κ3) is 3.14. The molecule has 2 rings (SSSR count). The van der Waals surface area contributed by atoms with Crippen molar-refractivity contribution in [3.05, 3.63) is 33.8 Å². The normalized spacial score (nSPS) is 24.9. The summed E-state index contributed by atoms with van der Waals surface area (Å²) in [5.74, 6) is 0. The lowest BCUT2D eigenvalue weighted by atomic mass is 10.1. The third-order valence-electron chi connectivity index (χ3n) is 3.00. The maximum Gasteiger partial charge on any atom is 0.0968 e. The topological polar surface area (TPSA) is 21.3 Å². The zero-order valence-electron chi connectivity index (χ0n) is 9.88. The van der Waals surface area contributed by atoms with Crippen LogP contribution in [0.1, 0.15) is 31.4 Å². The first-order chi connectivity index (χ1) is 8.22. The van der Waals surface area contributed by atoms with E-state index < -0.39 is 0 Å². The molecule has 1 aromatic carbocycles. The maximum absolute atomic E-state index is 6.21. The fourth-order valence-electron chi connectivity index (χ4n) is 2.15. The minimum absolute atomic E-state index is 0.00602. The summed E-state index contributed by atoms with van der Waals surface area (Å²) in [6.45, 7) is 3.88. The van der Waals surface area contributed by atoms with Gasteiger partial charge in [0.05, 0.1) is 22.3 Å². The van der Waals surface area contributed by atoms with Crippen LogP contribution in [0.5, 0.6) is 0 Å². The van der Waals surface area contributed by atoms with Crippen molar-refractivity contribution in [3.63, 3.8) is 0 Å². The van der Waals surface area contributed by atoms with Gasteiger partial charge in [0.15, 0.2) is 0 Å². The van der Waals surface area contributed by atoms with Crippen LogP contribution in [0.3, 0.4) is 0 Å². The number of rotatable bonds is 3. The van der Waals surface area contributed by atoms with Crippen LogP contribution in [-0.2, 0) is 4.74 Å². The van der Waals surface area contributed by atoms with Crippen LogP contribution >= 0.6 is 23.2 Å². The number of hydrogen-bond donors (Lipinski definition) is 1. The van der Waals surface area contributed by atoms with Crippen LogP contribution in [0, 0.1) is 0 Å². The Labute approximate surface area is 112 Å². The average molecular weight is 274 g/mol. The van der Waals surface area contributed by atoms with Crippen molar-refractivity contribution >= 4 is 23.2 Å². The number of halogens is 2. The van der Waals surface area contributed by atoms with Crippen LogP contribution in [0.2, 0.25) is 10.0 Å². The van der Waals surface area contributed by atoms with Crippen molar-refractivity contribution in [1.29, 1.82) is 0 Å². The van der Waals surface area contributed by atoms with Gasteiger partial charge in [-0.1, -0.05) is 48.7 Å². The summed E-state index contributed by atoms with van der Waals surface area (Å²) in [4.78, 5) is 0. The van der Waals surface area contributed by atoms with E-state index >= 15 is 0 Å². The molecule has 1 saturated heterocycles. The molecule has 0 aliphatic carbocycles. The van der Waals surface area contributed by atoms with E-state index in [4.69, 9.17) is 27.9 Å². The molecule has 0 radical (unpaired) electrons. The van der Waals surface area contributed by atoms with Crippen molar-refractivity contribution in [2.75, 3.05) is 13.1 Å². The van der Waals surface area contributed by atoms with Gasteiger partial charge in [-0.2, -0.15) is 0 Å². The molecule has 0 spiro atoms. The minimum atomic E-state index is 0.00602. The quantitative estimate of drug-likeness (QED) is 0.904. The zero-order valence-corrected chi connectivity index (χ0v) is 11.4. The van der Waals surface area contributed by atoms with Gasteiger partial charge in [-0.05, 0) is 12.5 Å². The van der Waals surface area contributed by atoms with Crippen molar-refractivity contribution in [2.24, 2.45) is 0 Å². The molecular formula is C13H17Cl2NO. The van der Waals surface area contributed by atoms with Crippen LogP contribution in [0.25, 0.3) is 0 Å². The molecular weight excluding hydrogens is 257 g/mol. The monoisotopic (exact) mass is 273 g/mol. The summed E-state index contributed by atoms with van der Waals surface area (Å²) in [7, 11) is 0. The van der Waals surface area contributed by atoms with Gasteiger partial charge in [0.1, 0.15) is 0 Å². The summed E-state index contributed by atoms with van der Waals surface area (Å²) in [5.41, 5.74) is 0.979. The van der Waals surface area contributed by atoms with Gasteiger partial charge in [0.2, 0.25) is 0 Å². The fourth-order valence-corrected chi connectivity index (χ4v) is 2.58. The summed E-state index contributed by atoms with van der Waals surface area (Å²) in [5, 5.41) is 4.59. The molecule has 4 heteroatoms. The Morgan fingerprint density at radius 1 is 1.35 bits per heavy atom. The lowest BCUT2D eigenvalue weighted by Crippen LogP contribution is -2.40. The Morgan fingerprint density at radius 2 is 2.18 bits per heavy atom. The van der Waals surface area contributed by atoms with Gasteiger partial charge < -0.3 is 10.1 Å². The number of ether oxygens (including phenoxy) is 1. The second-order valence-corrected chi connectivity index (χ2v) is 5.12. The zero-order chi connectivity index (χ0) is 12.3. The molecule has 1 fully saturated rings. The molecule has 1 aliphatic rings. The number of morpholine rings is 1. The highest BCUT2D eigenvalue weighted by Crippen LogP contribution is 2.33. The molecule has 2 nitrogen and oxygen atoms in total. The van der Waals surface area contributed by atoms with E-state index in [0.717, 1.165) is 31.5 Å². The Morgan fingerprint density at radius 3 is 2.94 bits per heavy atom. The lowest BCUT2D eigenvalue weighted by Gasteiger charge is -2.31. The Hall–Kier alpha value is -0.280. The van der Waals surface area contributed by atoms with Gasteiger partial charge in [0, 0.05) is 18.7 Å². The molecule has 17 heavy (non-hydrogen) atoms. The van der Waals surface area contributed by atoms with Crippen molar-refractivity contribution in [1.82, 2.24) is 5.32 Å². The van der Waals surface area contributed by atoms with E-state index in [1.54, 1.807) is 6.07 Å². The predicted octanol–water partition coefficient (Wildman–Crippen LogP) is 3.82. The van der Waals surface area contributed by atoms with E-state index in [1.165, 1.54) is 0 Å². The van der Waals surface area contributed by atoms with E-state index in [0.29, 0.717) is 10.0 Å². The summed E-state index contributed by atoms with van der Waals surface area (Å²) in [6.07, 6.45) is 2.48. The van der Waals surface area contributed by atoms with Crippen LogP contribution in [0.4, 0.5) is 0 Å². The van der Waals surface area contributed by atoms with Crippen molar-refractivity contribution in [2.45, 2.75) is 32.0 Å². The number of benzene rings is 1. The molecule has 1 N–H and O–H groups in total. The molecule has 0 amide bonds. The van der Waals surface area contributed by atoms with Crippen molar-refractivity contribution < 1.29 is 4.74 Å². The van der Waals surface area contributed by atoms with Gasteiger partial charge >= 0.3 is 0 Å². The molecule has 1 aliphatic heterocycles. The second kappa shape index (κ2) is 6.05. The number of hydrogen-bond acceptors (Lipinski definition) is 2. The summed E-state index contributed by atoms with van der Waals surface area (Å²) >= 11 is 12.2. The maximum atomic E-state index is 6.21. The summed E-state index contributed by atoms with van der Waals surface area (Å²) < 4.78 is 6.04. The predicted molar refractivity (Wildman–Crippen MR) is 71.9 cm³/mol. The molecule has 0 saturated carbocycles. The SMILES string of the molecule is CCCC1CNCC(c2cccc(Cl)c2Cl)O1. The van der Waals surface area contributed by atoms with Crippen LogP contribution < -0.4 is 5.32 Å². The first-order valence-corrected chi connectivity index (χ1v) is 6.78. The fraction of sp³-hybridized carbons (Fsp3) is 0.538. The van der Waals surface area contributed by atoms with Gasteiger partial charge in [0.25, 0.3) is 0 Å². The van der Waals surface area contributed by atoms with Gasteiger partial charge in [-0.15, -0.1) is 0 Å². The molecule has 1 aromatic rings. The van der Waals surface area contributed by atoms with E-state index in [1.807, 2.05) is 12.1 Å². The van der Waals surface area contributed by atoms with Gasteiger partial charge in [-0.3, -0.25) is 0 Å². The Kier molecular flexibility index (Phi) is 4.69. The largest absolute Gasteiger partial charge is 0.368 e. The molecule has 1 heterocycles. The van der Waals surface area contributed by atoms with Crippen LogP contribution in [0.15, 0.2) is 18.2 Å². The lowest BCUT2D eigenvalue weighted by molar-refractivity contribution is -0.0424. The standard InChI is InChI=1S/C13H17Cl2NO/c1-2-4-9-7-16-8-12(17-9)10-5-3-6-11(14)13(10)15/h3,5-6,9,12,16H,2,4,7-8H2,1H3. The van der Waals surface area contributed by atoms with Gasteiger partial charge in [-0.25, -0.2) is 0 Å². The smallest absolute Gasteiger partial charge is 0.0968 e. The molecule has 0 bridgehead atoms. The van der Waals surface area contributed by atoms with Crippen molar-refractivity contribution in [3.8, 4) is 0 Å². The van der Waals surface area contributed by atoms with E-state index in [2.05, 4.69) is 12.2 Å². The van der Waals surface area contributed by atoms with E-state index in [-0.39, 0.29) is 12.2 Å². The number of nitrogens with one attached hydrogen (secondary N) is 1. The average Bonchev–Trinajstić information content (AvgIpc) is 2.33. The Balaban J connectivity index is 2.13. The molecule has 0 aromatic heterocycles.